The van der Waals surface area contributed by atoms with E-state index in [2.05, 4.69) is 0 Å². The summed E-state index contributed by atoms with van der Waals surface area (Å²) in [5.41, 5.74) is 0. The van der Waals surface area contributed by atoms with E-state index in [0.717, 1.165) is 0 Å². The van der Waals surface area contributed by atoms with Gasteiger partial charge in [0, 0.05) is 6.26 Å². The normalized spacial score (nSPS) is 11.3. The molecule has 0 heterocycles. The molecule has 0 radical (unpaired) electrons. The third-order valence-corrected chi connectivity index (χ3v) is 2.81. The highest BCUT2D eigenvalue weighted by Gasteiger charge is 2.03. The summed E-state index contributed by atoms with van der Waals surface area (Å²) < 4.78 is 26.8. The summed E-state index contributed by atoms with van der Waals surface area (Å²) >= 11 is 0. The number of aromatic hydroxyl groups is 1. The van der Waals surface area contributed by atoms with Crippen LogP contribution in [-0.2, 0) is 9.84 Å². The topological polar surface area (TPSA) is 63.6 Å². The molecule has 0 aliphatic rings. The van der Waals surface area contributed by atoms with Crippen molar-refractivity contribution in [2.45, 2.75) is 6.42 Å². The second-order valence-corrected chi connectivity index (χ2v) is 5.56. The van der Waals surface area contributed by atoms with Crippen LogP contribution in [0.4, 0.5) is 0 Å². The molecule has 0 unspecified atom stereocenters. The van der Waals surface area contributed by atoms with Crippen LogP contribution >= 0.6 is 0 Å². The quantitative estimate of drug-likeness (QED) is 0.772. The van der Waals surface area contributed by atoms with Crippen molar-refractivity contribution in [1.29, 1.82) is 0 Å². The smallest absolute Gasteiger partial charge is 0.160 e. The SMILES string of the molecule is CS(=O)(=O)CCCOc1ccccc1O. The van der Waals surface area contributed by atoms with Gasteiger partial charge in [-0.25, -0.2) is 8.42 Å². The number of ether oxygens (including phenoxy) is 1. The van der Waals surface area contributed by atoms with Crippen molar-refractivity contribution >= 4 is 9.84 Å². The minimum Gasteiger partial charge on any atom is -0.504 e. The van der Waals surface area contributed by atoms with E-state index in [1.54, 1.807) is 18.2 Å². The summed E-state index contributed by atoms with van der Waals surface area (Å²) in [6.07, 6.45) is 1.61. The first-order valence-corrected chi connectivity index (χ1v) is 6.63. The minimum absolute atomic E-state index is 0.0665. The largest absolute Gasteiger partial charge is 0.504 e. The Morgan fingerprint density at radius 3 is 2.60 bits per heavy atom. The first-order chi connectivity index (χ1) is 6.99. The van der Waals surface area contributed by atoms with Gasteiger partial charge in [-0.15, -0.1) is 0 Å². The van der Waals surface area contributed by atoms with Crippen LogP contribution in [0.3, 0.4) is 0 Å². The van der Waals surface area contributed by atoms with Crippen LogP contribution in [0, 0.1) is 0 Å². The predicted molar refractivity (Wildman–Crippen MR) is 57.9 cm³/mol. The first kappa shape index (κ1) is 11.8. The Morgan fingerprint density at radius 2 is 2.00 bits per heavy atom. The summed E-state index contributed by atoms with van der Waals surface area (Å²) in [4.78, 5) is 0. The summed E-state index contributed by atoms with van der Waals surface area (Å²) in [5, 5.41) is 9.33. The zero-order chi connectivity index (χ0) is 11.3. The van der Waals surface area contributed by atoms with Crippen molar-refractivity contribution in [2.24, 2.45) is 0 Å². The van der Waals surface area contributed by atoms with Gasteiger partial charge in [-0.05, 0) is 18.6 Å². The van der Waals surface area contributed by atoms with Gasteiger partial charge in [-0.2, -0.15) is 0 Å². The molecule has 0 spiro atoms. The molecule has 0 aliphatic carbocycles. The standard InChI is InChI=1S/C10H14O4S/c1-15(12,13)8-4-7-14-10-6-3-2-5-9(10)11/h2-3,5-6,11H,4,7-8H2,1H3. The maximum absolute atomic E-state index is 10.8. The first-order valence-electron chi connectivity index (χ1n) is 4.57. The minimum atomic E-state index is -2.93. The van der Waals surface area contributed by atoms with Crippen molar-refractivity contribution < 1.29 is 18.3 Å². The molecule has 0 bridgehead atoms. The second kappa shape index (κ2) is 5.02. The van der Waals surface area contributed by atoms with Crippen LogP contribution in [0.15, 0.2) is 24.3 Å². The summed E-state index contributed by atoms with van der Waals surface area (Å²) in [5.74, 6) is 0.545. The van der Waals surface area contributed by atoms with Crippen molar-refractivity contribution in [3.63, 3.8) is 0 Å². The highest BCUT2D eigenvalue weighted by molar-refractivity contribution is 7.90. The van der Waals surface area contributed by atoms with Gasteiger partial charge in [0.05, 0.1) is 12.4 Å². The molecule has 0 fully saturated rings. The van der Waals surface area contributed by atoms with Gasteiger partial charge in [0.15, 0.2) is 11.5 Å². The lowest BCUT2D eigenvalue weighted by molar-refractivity contribution is 0.300. The molecule has 0 saturated carbocycles. The number of phenolic OH excluding ortho intramolecular Hbond substituents is 1. The molecule has 84 valence electrons. The molecular formula is C10H14O4S. The molecule has 0 atom stereocenters. The van der Waals surface area contributed by atoms with Gasteiger partial charge in [-0.3, -0.25) is 0 Å². The zero-order valence-corrected chi connectivity index (χ0v) is 9.33. The molecule has 15 heavy (non-hydrogen) atoms. The Morgan fingerprint density at radius 1 is 1.33 bits per heavy atom. The molecule has 1 aromatic carbocycles. The van der Waals surface area contributed by atoms with Gasteiger partial charge in [0.2, 0.25) is 0 Å². The average molecular weight is 230 g/mol. The number of hydrogen-bond acceptors (Lipinski definition) is 4. The monoisotopic (exact) mass is 230 g/mol. The van der Waals surface area contributed by atoms with E-state index in [-0.39, 0.29) is 18.1 Å². The molecular weight excluding hydrogens is 216 g/mol. The molecule has 1 aromatic rings. The second-order valence-electron chi connectivity index (χ2n) is 3.30. The fourth-order valence-corrected chi connectivity index (χ4v) is 1.72. The van der Waals surface area contributed by atoms with Crippen LogP contribution < -0.4 is 4.74 Å². The molecule has 0 aliphatic heterocycles. The van der Waals surface area contributed by atoms with E-state index < -0.39 is 9.84 Å². The maximum atomic E-state index is 10.8. The van der Waals surface area contributed by atoms with Gasteiger partial charge in [0.25, 0.3) is 0 Å². The van der Waals surface area contributed by atoms with E-state index in [1.165, 1.54) is 12.3 Å². The van der Waals surface area contributed by atoms with Crippen molar-refractivity contribution in [1.82, 2.24) is 0 Å². The van der Waals surface area contributed by atoms with E-state index in [9.17, 15) is 13.5 Å². The number of hydrogen-bond donors (Lipinski definition) is 1. The summed E-state index contributed by atoms with van der Waals surface area (Å²) in [6.45, 7) is 0.282. The fourth-order valence-electron chi connectivity index (χ4n) is 1.08. The van der Waals surface area contributed by atoms with Crippen LogP contribution in [0.2, 0.25) is 0 Å². The zero-order valence-electron chi connectivity index (χ0n) is 8.51. The van der Waals surface area contributed by atoms with Gasteiger partial charge in [0.1, 0.15) is 9.84 Å². The highest BCUT2D eigenvalue weighted by Crippen LogP contribution is 2.24. The molecule has 0 amide bonds. The molecule has 1 rings (SSSR count). The van der Waals surface area contributed by atoms with Crippen LogP contribution in [-0.4, -0.2) is 32.1 Å². The molecule has 5 heteroatoms. The number of sulfone groups is 1. The van der Waals surface area contributed by atoms with Crippen molar-refractivity contribution in [2.75, 3.05) is 18.6 Å². The number of rotatable bonds is 5. The third kappa shape index (κ3) is 4.69. The lowest BCUT2D eigenvalue weighted by Gasteiger charge is -2.06. The van der Waals surface area contributed by atoms with Crippen LogP contribution in [0.25, 0.3) is 0 Å². The van der Waals surface area contributed by atoms with E-state index >= 15 is 0 Å². The Labute approximate surface area is 89.4 Å². The van der Waals surface area contributed by atoms with Crippen molar-refractivity contribution in [3.8, 4) is 11.5 Å². The maximum Gasteiger partial charge on any atom is 0.160 e. The number of benzene rings is 1. The van der Waals surface area contributed by atoms with Crippen LogP contribution in [0.5, 0.6) is 11.5 Å². The molecule has 0 aromatic heterocycles. The van der Waals surface area contributed by atoms with E-state index in [0.29, 0.717) is 12.2 Å². The van der Waals surface area contributed by atoms with E-state index in [4.69, 9.17) is 4.74 Å². The lowest BCUT2D eigenvalue weighted by atomic mass is 10.3. The Bertz CT molecular complexity index is 411. The Hall–Kier alpha value is -1.23. The third-order valence-electron chi connectivity index (χ3n) is 1.78. The molecule has 0 saturated heterocycles. The lowest BCUT2D eigenvalue weighted by Crippen LogP contribution is -2.07. The van der Waals surface area contributed by atoms with Crippen LogP contribution in [0.1, 0.15) is 6.42 Å². The van der Waals surface area contributed by atoms with E-state index in [1.807, 2.05) is 0 Å². The molecule has 1 N–H and O–H groups in total. The Kier molecular flexibility index (Phi) is 3.96. The summed E-state index contributed by atoms with van der Waals surface area (Å²) in [7, 11) is -2.93. The van der Waals surface area contributed by atoms with Gasteiger partial charge < -0.3 is 9.84 Å². The highest BCUT2D eigenvalue weighted by atomic mass is 32.2. The Balaban J connectivity index is 2.36. The number of phenols is 1. The van der Waals surface area contributed by atoms with Gasteiger partial charge >= 0.3 is 0 Å². The van der Waals surface area contributed by atoms with Crippen molar-refractivity contribution in [3.05, 3.63) is 24.3 Å². The summed E-state index contributed by atoms with van der Waals surface area (Å²) in [6, 6.07) is 6.59. The molecule has 4 nitrogen and oxygen atoms in total. The average Bonchev–Trinajstić information content (AvgIpc) is 2.13. The fraction of sp³-hybridized carbons (Fsp3) is 0.400. The number of para-hydroxylation sites is 2. The predicted octanol–water partition coefficient (Wildman–Crippen LogP) is 1.21. The van der Waals surface area contributed by atoms with Gasteiger partial charge in [-0.1, -0.05) is 12.1 Å².